The third-order valence-corrected chi connectivity index (χ3v) is 6.38. The number of aryl methyl sites for hydroxylation is 2. The SMILES string of the molecule is Cc1nnc(SCC(=O)N2CCC(C)CC2)c2nn(-c3ccccc3)c(C)c12. The van der Waals surface area contributed by atoms with Gasteiger partial charge in [-0.3, -0.25) is 4.79 Å². The number of likely N-dealkylation sites (tertiary alicyclic amines) is 1. The van der Waals surface area contributed by atoms with E-state index in [0.29, 0.717) is 11.7 Å². The van der Waals surface area contributed by atoms with Gasteiger partial charge in [-0.15, -0.1) is 5.10 Å². The molecule has 7 heteroatoms. The quantitative estimate of drug-likeness (QED) is 0.629. The molecule has 1 aliphatic rings. The first-order chi connectivity index (χ1) is 13.5. The lowest BCUT2D eigenvalue weighted by molar-refractivity contribution is -0.129. The highest BCUT2D eigenvalue weighted by Crippen LogP contribution is 2.30. The standard InChI is InChI=1S/C21H25N5OS/c1-14-9-11-25(12-10-14)18(27)13-28-21-20-19(15(2)22-23-21)16(3)26(24-20)17-7-5-4-6-8-17/h4-8,14H,9-13H2,1-3H3. The first-order valence-electron chi connectivity index (χ1n) is 9.73. The summed E-state index contributed by atoms with van der Waals surface area (Å²) in [4.78, 5) is 14.6. The molecule has 0 radical (unpaired) electrons. The van der Waals surface area contributed by atoms with Crippen molar-refractivity contribution in [2.45, 2.75) is 38.6 Å². The summed E-state index contributed by atoms with van der Waals surface area (Å²) in [6.45, 7) is 7.97. The maximum Gasteiger partial charge on any atom is 0.232 e. The van der Waals surface area contributed by atoms with Crippen LogP contribution in [0.15, 0.2) is 35.4 Å². The minimum Gasteiger partial charge on any atom is -0.342 e. The minimum atomic E-state index is 0.173. The summed E-state index contributed by atoms with van der Waals surface area (Å²) in [5.41, 5.74) is 3.71. The third-order valence-electron chi connectivity index (χ3n) is 5.44. The highest BCUT2D eigenvalue weighted by atomic mass is 32.2. The van der Waals surface area contributed by atoms with E-state index in [0.717, 1.165) is 58.9 Å². The monoisotopic (exact) mass is 395 g/mol. The van der Waals surface area contributed by atoms with Crippen molar-refractivity contribution < 1.29 is 4.79 Å². The van der Waals surface area contributed by atoms with Gasteiger partial charge in [0.15, 0.2) is 0 Å². The molecule has 2 aromatic heterocycles. The molecule has 0 aliphatic carbocycles. The predicted molar refractivity (Wildman–Crippen MR) is 112 cm³/mol. The van der Waals surface area contributed by atoms with Gasteiger partial charge >= 0.3 is 0 Å². The Hall–Kier alpha value is -2.41. The summed E-state index contributed by atoms with van der Waals surface area (Å²) >= 11 is 1.44. The van der Waals surface area contributed by atoms with Crippen LogP contribution < -0.4 is 0 Å². The Morgan fingerprint density at radius 2 is 1.86 bits per heavy atom. The molecule has 0 atom stereocenters. The van der Waals surface area contributed by atoms with Gasteiger partial charge in [-0.2, -0.15) is 10.2 Å². The summed E-state index contributed by atoms with van der Waals surface area (Å²) in [6.07, 6.45) is 2.18. The van der Waals surface area contributed by atoms with E-state index >= 15 is 0 Å². The van der Waals surface area contributed by atoms with Crippen molar-refractivity contribution in [3.8, 4) is 5.69 Å². The van der Waals surface area contributed by atoms with Gasteiger partial charge in [0.2, 0.25) is 5.91 Å². The van der Waals surface area contributed by atoms with Crippen molar-refractivity contribution in [1.82, 2.24) is 24.9 Å². The normalized spacial score (nSPS) is 15.3. The van der Waals surface area contributed by atoms with Crippen molar-refractivity contribution in [2.24, 2.45) is 5.92 Å². The second-order valence-corrected chi connectivity index (χ2v) is 8.46. The second kappa shape index (κ2) is 7.91. The van der Waals surface area contributed by atoms with Crippen molar-refractivity contribution in [2.75, 3.05) is 18.8 Å². The Morgan fingerprint density at radius 3 is 2.57 bits per heavy atom. The molecule has 3 heterocycles. The van der Waals surface area contributed by atoms with Crippen LogP contribution in [-0.4, -0.2) is 49.6 Å². The number of amides is 1. The summed E-state index contributed by atoms with van der Waals surface area (Å²) in [7, 11) is 0. The van der Waals surface area contributed by atoms with Crippen LogP contribution in [0.5, 0.6) is 0 Å². The molecule has 6 nitrogen and oxygen atoms in total. The van der Waals surface area contributed by atoms with Crippen LogP contribution in [0.3, 0.4) is 0 Å². The molecule has 0 unspecified atom stereocenters. The molecule has 1 aliphatic heterocycles. The molecular weight excluding hydrogens is 370 g/mol. The van der Waals surface area contributed by atoms with Gasteiger partial charge in [0.25, 0.3) is 0 Å². The van der Waals surface area contributed by atoms with Gasteiger partial charge in [0.1, 0.15) is 10.5 Å². The molecule has 1 aromatic carbocycles. The molecule has 3 aromatic rings. The van der Waals surface area contributed by atoms with Crippen LogP contribution in [0.4, 0.5) is 0 Å². The van der Waals surface area contributed by atoms with E-state index < -0.39 is 0 Å². The van der Waals surface area contributed by atoms with E-state index in [1.165, 1.54) is 11.8 Å². The highest BCUT2D eigenvalue weighted by Gasteiger charge is 2.22. The topological polar surface area (TPSA) is 63.9 Å². The van der Waals surface area contributed by atoms with Crippen LogP contribution in [0, 0.1) is 19.8 Å². The zero-order valence-corrected chi connectivity index (χ0v) is 17.4. The van der Waals surface area contributed by atoms with Crippen molar-refractivity contribution in [3.63, 3.8) is 0 Å². The van der Waals surface area contributed by atoms with Gasteiger partial charge in [0, 0.05) is 18.5 Å². The number of thioether (sulfide) groups is 1. The maximum absolute atomic E-state index is 12.6. The second-order valence-electron chi connectivity index (χ2n) is 7.50. The van der Waals surface area contributed by atoms with Crippen molar-refractivity contribution in [3.05, 3.63) is 41.7 Å². The van der Waals surface area contributed by atoms with Crippen LogP contribution in [0.2, 0.25) is 0 Å². The van der Waals surface area contributed by atoms with Crippen molar-refractivity contribution in [1.29, 1.82) is 0 Å². The number of aromatic nitrogens is 4. The predicted octanol–water partition coefficient (Wildman–Crippen LogP) is 3.78. The average molecular weight is 396 g/mol. The Kier molecular flexibility index (Phi) is 5.35. The van der Waals surface area contributed by atoms with E-state index in [4.69, 9.17) is 5.10 Å². The number of fused-ring (bicyclic) bond motifs is 1. The van der Waals surface area contributed by atoms with Crippen LogP contribution in [0.25, 0.3) is 16.6 Å². The fourth-order valence-corrected chi connectivity index (χ4v) is 4.52. The fourth-order valence-electron chi connectivity index (χ4n) is 3.70. The van der Waals surface area contributed by atoms with Gasteiger partial charge < -0.3 is 4.90 Å². The van der Waals surface area contributed by atoms with E-state index in [1.54, 1.807) is 0 Å². The smallest absolute Gasteiger partial charge is 0.232 e. The molecule has 28 heavy (non-hydrogen) atoms. The van der Waals surface area contributed by atoms with Crippen LogP contribution in [-0.2, 0) is 4.79 Å². The number of carbonyl (C=O) groups excluding carboxylic acids is 1. The summed E-state index contributed by atoms with van der Waals surface area (Å²) in [6, 6.07) is 10.0. The largest absolute Gasteiger partial charge is 0.342 e. The maximum atomic E-state index is 12.6. The number of rotatable bonds is 4. The molecule has 4 rings (SSSR count). The first kappa shape index (κ1) is 18.9. The number of hydrogen-bond donors (Lipinski definition) is 0. The first-order valence-corrected chi connectivity index (χ1v) is 10.7. The fraction of sp³-hybridized carbons (Fsp3) is 0.429. The van der Waals surface area contributed by atoms with Crippen LogP contribution >= 0.6 is 11.8 Å². The van der Waals surface area contributed by atoms with Crippen LogP contribution in [0.1, 0.15) is 31.2 Å². The van der Waals surface area contributed by atoms with E-state index in [9.17, 15) is 4.79 Å². The highest BCUT2D eigenvalue weighted by molar-refractivity contribution is 8.00. The number of para-hydroxylation sites is 1. The molecule has 1 amide bonds. The lowest BCUT2D eigenvalue weighted by atomic mass is 9.99. The summed E-state index contributed by atoms with van der Waals surface area (Å²) in [5.74, 6) is 1.26. The zero-order valence-electron chi connectivity index (χ0n) is 16.6. The summed E-state index contributed by atoms with van der Waals surface area (Å²) in [5, 5.41) is 15.2. The third kappa shape index (κ3) is 3.63. The lowest BCUT2D eigenvalue weighted by Gasteiger charge is -2.30. The average Bonchev–Trinajstić information content (AvgIpc) is 3.07. The molecule has 0 bridgehead atoms. The molecule has 146 valence electrons. The van der Waals surface area contributed by atoms with Crippen molar-refractivity contribution >= 4 is 28.6 Å². The van der Waals surface area contributed by atoms with Gasteiger partial charge in [-0.1, -0.05) is 36.9 Å². The molecule has 1 saturated heterocycles. The molecule has 0 N–H and O–H groups in total. The minimum absolute atomic E-state index is 0.173. The Bertz CT molecular complexity index is 993. The van der Waals surface area contributed by atoms with E-state index in [2.05, 4.69) is 17.1 Å². The Morgan fingerprint density at radius 1 is 1.14 bits per heavy atom. The number of nitrogens with zero attached hydrogens (tertiary/aromatic N) is 5. The van der Waals surface area contributed by atoms with Gasteiger partial charge in [0.05, 0.1) is 22.8 Å². The number of piperidine rings is 1. The van der Waals surface area contributed by atoms with Gasteiger partial charge in [-0.25, -0.2) is 4.68 Å². The molecule has 0 spiro atoms. The molecule has 1 fully saturated rings. The lowest BCUT2D eigenvalue weighted by Crippen LogP contribution is -2.38. The zero-order chi connectivity index (χ0) is 19.7. The Balaban J connectivity index is 1.59. The number of hydrogen-bond acceptors (Lipinski definition) is 5. The van der Waals surface area contributed by atoms with E-state index in [-0.39, 0.29) is 5.91 Å². The number of carbonyl (C=O) groups is 1. The van der Waals surface area contributed by atoms with E-state index in [1.807, 2.05) is 53.8 Å². The van der Waals surface area contributed by atoms with Gasteiger partial charge in [-0.05, 0) is 44.7 Å². The summed E-state index contributed by atoms with van der Waals surface area (Å²) < 4.78 is 1.93. The number of benzene rings is 1. The Labute approximate surface area is 169 Å². The molecular formula is C21H25N5OS. The molecule has 0 saturated carbocycles.